The van der Waals surface area contributed by atoms with Crippen molar-refractivity contribution in [1.82, 2.24) is 0 Å². The fourth-order valence-electron chi connectivity index (χ4n) is 1.61. The lowest BCUT2D eigenvalue weighted by atomic mass is 10.1. The maximum atomic E-state index is 11.3. The number of para-hydroxylation sites is 2. The number of benzene rings is 2. The normalized spacial score (nSPS) is 10.1. The molecule has 0 unspecified atom stereocenters. The summed E-state index contributed by atoms with van der Waals surface area (Å²) in [6, 6.07) is 12.2. The Morgan fingerprint density at radius 1 is 1.11 bits per heavy atom. The van der Waals surface area contributed by atoms with Gasteiger partial charge in [-0.2, -0.15) is 0 Å². The molecule has 0 saturated carbocycles. The highest BCUT2D eigenvalue weighted by Gasteiger charge is 2.12. The quantitative estimate of drug-likeness (QED) is 0.743. The Hall–Kier alpha value is -2.20. The number of carbonyl (C=O) groups is 1. The van der Waals surface area contributed by atoms with Gasteiger partial charge in [0.25, 0.3) is 5.91 Å². The minimum atomic E-state index is -0.545. The first-order valence-corrected chi connectivity index (χ1v) is 5.67. The molecule has 0 radical (unpaired) electrons. The molecule has 5 N–H and O–H groups in total. The monoisotopic (exact) mass is 261 g/mol. The van der Waals surface area contributed by atoms with Gasteiger partial charge in [0, 0.05) is 0 Å². The van der Waals surface area contributed by atoms with Gasteiger partial charge in [-0.05, 0) is 24.3 Å². The third-order valence-electron chi connectivity index (χ3n) is 2.50. The van der Waals surface area contributed by atoms with Gasteiger partial charge in [-0.15, -0.1) is 0 Å². The summed E-state index contributed by atoms with van der Waals surface area (Å²) >= 11 is 6.04. The number of anilines is 3. The van der Waals surface area contributed by atoms with E-state index in [9.17, 15) is 4.79 Å². The van der Waals surface area contributed by atoms with Crippen LogP contribution in [0, 0.1) is 0 Å². The lowest BCUT2D eigenvalue weighted by Crippen LogP contribution is -2.14. The second-order valence-corrected chi connectivity index (χ2v) is 4.15. The molecule has 0 aromatic heterocycles. The summed E-state index contributed by atoms with van der Waals surface area (Å²) in [6.45, 7) is 0. The van der Waals surface area contributed by atoms with E-state index in [1.165, 1.54) is 0 Å². The number of hydrogen-bond acceptors (Lipinski definition) is 3. The zero-order valence-corrected chi connectivity index (χ0v) is 10.2. The van der Waals surface area contributed by atoms with E-state index in [-0.39, 0.29) is 0 Å². The van der Waals surface area contributed by atoms with Crippen molar-refractivity contribution in [2.75, 3.05) is 11.1 Å². The Kier molecular flexibility index (Phi) is 3.39. The van der Waals surface area contributed by atoms with E-state index in [0.29, 0.717) is 27.6 Å². The van der Waals surface area contributed by atoms with Gasteiger partial charge in [0.15, 0.2) is 0 Å². The molecule has 2 rings (SSSR count). The Balaban J connectivity index is 2.46. The minimum Gasteiger partial charge on any atom is -0.397 e. The number of halogens is 1. The van der Waals surface area contributed by atoms with E-state index < -0.39 is 5.91 Å². The predicted octanol–water partition coefficient (Wildman–Crippen LogP) is 2.76. The second kappa shape index (κ2) is 4.98. The number of rotatable bonds is 3. The van der Waals surface area contributed by atoms with Gasteiger partial charge in [0.05, 0.1) is 27.6 Å². The van der Waals surface area contributed by atoms with E-state index in [0.717, 1.165) is 0 Å². The largest absolute Gasteiger partial charge is 0.397 e. The number of carbonyl (C=O) groups excluding carboxylic acids is 1. The first kappa shape index (κ1) is 12.3. The van der Waals surface area contributed by atoms with Crippen LogP contribution in [0.15, 0.2) is 42.5 Å². The molecule has 0 fully saturated rings. The molecule has 0 heterocycles. The second-order valence-electron chi connectivity index (χ2n) is 3.74. The number of nitrogens with two attached hydrogens (primary N) is 2. The van der Waals surface area contributed by atoms with E-state index in [4.69, 9.17) is 23.1 Å². The zero-order chi connectivity index (χ0) is 13.1. The van der Waals surface area contributed by atoms with Crippen molar-refractivity contribution in [2.24, 2.45) is 5.73 Å². The van der Waals surface area contributed by atoms with Crippen LogP contribution in [0.3, 0.4) is 0 Å². The number of nitrogens with one attached hydrogen (secondary N) is 1. The lowest BCUT2D eigenvalue weighted by molar-refractivity contribution is 0.100. The van der Waals surface area contributed by atoms with Gasteiger partial charge >= 0.3 is 0 Å². The first-order valence-electron chi connectivity index (χ1n) is 5.29. The number of primary amides is 1. The zero-order valence-electron chi connectivity index (χ0n) is 9.48. The maximum absolute atomic E-state index is 11.3. The summed E-state index contributed by atoms with van der Waals surface area (Å²) < 4.78 is 0. The summed E-state index contributed by atoms with van der Waals surface area (Å²) in [5.74, 6) is -0.545. The van der Waals surface area contributed by atoms with Crippen LogP contribution in [0.25, 0.3) is 0 Å². The summed E-state index contributed by atoms with van der Waals surface area (Å²) in [7, 11) is 0. The van der Waals surface area contributed by atoms with Crippen molar-refractivity contribution in [1.29, 1.82) is 0 Å². The fraction of sp³-hybridized carbons (Fsp3) is 0. The van der Waals surface area contributed by atoms with Gasteiger partial charge in [-0.25, -0.2) is 0 Å². The van der Waals surface area contributed by atoms with E-state index in [1.807, 2.05) is 12.1 Å². The molecule has 92 valence electrons. The Morgan fingerprint density at radius 3 is 2.50 bits per heavy atom. The number of nitrogen functional groups attached to an aromatic ring is 1. The molecule has 5 heteroatoms. The molecule has 4 nitrogen and oxygen atoms in total. The van der Waals surface area contributed by atoms with Crippen LogP contribution in [0.5, 0.6) is 0 Å². The van der Waals surface area contributed by atoms with Gasteiger partial charge in [0.1, 0.15) is 0 Å². The summed E-state index contributed by atoms with van der Waals surface area (Å²) in [4.78, 5) is 11.3. The molecule has 2 aromatic rings. The Bertz CT molecular complexity index is 599. The van der Waals surface area contributed by atoms with E-state index in [2.05, 4.69) is 5.32 Å². The molecule has 18 heavy (non-hydrogen) atoms. The predicted molar refractivity (Wildman–Crippen MR) is 74.1 cm³/mol. The highest BCUT2D eigenvalue weighted by Crippen LogP contribution is 2.30. The molecular weight excluding hydrogens is 250 g/mol. The highest BCUT2D eigenvalue weighted by atomic mass is 35.5. The Labute approximate surface area is 110 Å². The van der Waals surface area contributed by atoms with Crippen molar-refractivity contribution in [2.45, 2.75) is 0 Å². The van der Waals surface area contributed by atoms with Crippen LogP contribution in [-0.4, -0.2) is 5.91 Å². The Morgan fingerprint density at radius 2 is 1.83 bits per heavy atom. The molecule has 0 atom stereocenters. The molecule has 0 bridgehead atoms. The van der Waals surface area contributed by atoms with Crippen LogP contribution >= 0.6 is 11.6 Å². The number of amides is 1. The topological polar surface area (TPSA) is 81.1 Å². The highest BCUT2D eigenvalue weighted by molar-refractivity contribution is 6.33. The van der Waals surface area contributed by atoms with E-state index in [1.54, 1.807) is 30.3 Å². The van der Waals surface area contributed by atoms with Gasteiger partial charge in [-0.3, -0.25) is 4.79 Å². The van der Waals surface area contributed by atoms with Crippen LogP contribution < -0.4 is 16.8 Å². The molecule has 0 aliphatic rings. The molecular formula is C13H12ClN3O. The average Bonchev–Trinajstić information content (AvgIpc) is 2.34. The van der Waals surface area contributed by atoms with Crippen molar-refractivity contribution < 1.29 is 4.79 Å². The lowest BCUT2D eigenvalue weighted by Gasteiger charge is -2.13. The van der Waals surface area contributed by atoms with Gasteiger partial charge < -0.3 is 16.8 Å². The van der Waals surface area contributed by atoms with Crippen LogP contribution in [0.2, 0.25) is 5.02 Å². The summed E-state index contributed by atoms with van der Waals surface area (Å²) in [6.07, 6.45) is 0. The fourth-order valence-corrected chi connectivity index (χ4v) is 1.80. The van der Waals surface area contributed by atoms with Crippen LogP contribution in [0.1, 0.15) is 10.4 Å². The van der Waals surface area contributed by atoms with Crippen molar-refractivity contribution in [3.05, 3.63) is 53.1 Å². The molecule has 2 aromatic carbocycles. The first-order chi connectivity index (χ1) is 8.59. The van der Waals surface area contributed by atoms with Crippen molar-refractivity contribution in [3.8, 4) is 0 Å². The molecule has 0 aliphatic carbocycles. The third-order valence-corrected chi connectivity index (χ3v) is 2.83. The SMILES string of the molecule is NC(=O)c1cccc(N)c1Nc1ccccc1Cl. The maximum Gasteiger partial charge on any atom is 0.250 e. The summed E-state index contributed by atoms with van der Waals surface area (Å²) in [5, 5.41) is 3.57. The molecule has 1 amide bonds. The minimum absolute atomic E-state index is 0.329. The van der Waals surface area contributed by atoms with Gasteiger partial charge in [-0.1, -0.05) is 29.8 Å². The molecule has 0 spiro atoms. The van der Waals surface area contributed by atoms with Gasteiger partial charge in [0.2, 0.25) is 0 Å². The average molecular weight is 262 g/mol. The smallest absolute Gasteiger partial charge is 0.250 e. The van der Waals surface area contributed by atoms with Crippen LogP contribution in [-0.2, 0) is 0 Å². The summed E-state index contributed by atoms with van der Waals surface area (Å²) in [5.41, 5.74) is 13.1. The van der Waals surface area contributed by atoms with Crippen molar-refractivity contribution >= 4 is 34.6 Å². The third kappa shape index (κ3) is 2.38. The number of hydrogen-bond donors (Lipinski definition) is 3. The van der Waals surface area contributed by atoms with Crippen LogP contribution in [0.4, 0.5) is 17.1 Å². The van der Waals surface area contributed by atoms with Crippen molar-refractivity contribution in [3.63, 3.8) is 0 Å². The molecule has 0 aliphatic heterocycles. The van der Waals surface area contributed by atoms with E-state index >= 15 is 0 Å². The standard InChI is InChI=1S/C13H12ClN3O/c14-9-5-1-2-7-11(9)17-12-8(13(16)18)4-3-6-10(12)15/h1-7,17H,15H2,(H2,16,18). The molecule has 0 saturated heterocycles.